The van der Waals surface area contributed by atoms with Gasteiger partial charge < -0.3 is 122 Å². The molecule has 0 amide bonds. The first kappa shape index (κ1) is 77.7. The highest BCUT2D eigenvalue weighted by atomic mass is 16.7. The van der Waals surface area contributed by atoms with Crippen molar-refractivity contribution < 1.29 is 122 Å². The second-order valence-electron chi connectivity index (χ2n) is 21.7. The van der Waals surface area contributed by atoms with E-state index in [1.54, 1.807) is 9.36 Å². The van der Waals surface area contributed by atoms with Gasteiger partial charge in [-0.2, -0.15) is 0 Å². The summed E-state index contributed by atoms with van der Waals surface area (Å²) in [6, 6.07) is 0. The van der Waals surface area contributed by atoms with Crippen molar-refractivity contribution in [2.24, 2.45) is 5.41 Å². The van der Waals surface area contributed by atoms with Crippen molar-refractivity contribution in [2.45, 2.75) is 159 Å². The molecule has 31 nitrogen and oxygen atoms in total. The second kappa shape index (κ2) is 49.9. The minimum Gasteiger partial charge on any atom is -0.396 e. The monoisotopic (exact) mass is 1270 g/mol. The van der Waals surface area contributed by atoms with Gasteiger partial charge in [-0.15, -0.1) is 10.2 Å². The second-order valence-corrected chi connectivity index (χ2v) is 21.7. The number of nitrogens with zero attached hydrogens (tertiary/aromatic N) is 6. The molecule has 7 unspecified atom stereocenters. The molecule has 2 fully saturated rings. The van der Waals surface area contributed by atoms with Gasteiger partial charge >= 0.3 is 0 Å². The first-order chi connectivity index (χ1) is 43.0. The topological polar surface area (TPSA) is 391 Å². The molecule has 2 aromatic heterocycles. The Labute approximate surface area is 516 Å². The summed E-state index contributed by atoms with van der Waals surface area (Å²) in [6.07, 6.45) is 0.106. The number of aromatic nitrogens is 6. The molecule has 0 saturated carbocycles. The van der Waals surface area contributed by atoms with Crippen molar-refractivity contribution in [3.05, 3.63) is 23.8 Å². The molecule has 4 heterocycles. The van der Waals surface area contributed by atoms with Crippen LogP contribution >= 0.6 is 0 Å². The maximum Gasteiger partial charge on any atom is 0.186 e. The highest BCUT2D eigenvalue weighted by Crippen LogP contribution is 2.24. The predicted octanol–water partition coefficient (Wildman–Crippen LogP) is -1.70. The first-order valence-corrected chi connectivity index (χ1v) is 31.1. The summed E-state index contributed by atoms with van der Waals surface area (Å²) in [7, 11) is 0. The fourth-order valence-corrected chi connectivity index (χ4v) is 8.71. The van der Waals surface area contributed by atoms with E-state index >= 15 is 0 Å². The van der Waals surface area contributed by atoms with E-state index in [-0.39, 0.29) is 6.61 Å². The molecule has 2 aromatic rings. The van der Waals surface area contributed by atoms with Crippen LogP contribution in [0.15, 0.2) is 12.4 Å². The number of aliphatic hydroxyl groups is 9. The minimum atomic E-state index is -1.44. The zero-order valence-corrected chi connectivity index (χ0v) is 51.7. The van der Waals surface area contributed by atoms with Crippen molar-refractivity contribution in [2.75, 3.05) is 178 Å². The lowest BCUT2D eigenvalue weighted by Gasteiger charge is -2.39. The Bertz CT molecular complexity index is 1790. The number of hydrogen-bond acceptors (Lipinski definition) is 29. The molecule has 0 aromatic carbocycles. The van der Waals surface area contributed by atoms with Crippen LogP contribution in [0.4, 0.5) is 0 Å². The van der Waals surface area contributed by atoms with Crippen molar-refractivity contribution in [3.8, 4) is 0 Å². The molecular formula is C57H106N6O25. The van der Waals surface area contributed by atoms with Crippen LogP contribution in [0.1, 0.15) is 82.5 Å². The normalized spacial score (nSPS) is 23.1. The Morgan fingerprint density at radius 1 is 0.375 bits per heavy atom. The van der Waals surface area contributed by atoms with E-state index in [2.05, 4.69) is 20.6 Å². The van der Waals surface area contributed by atoms with Crippen molar-refractivity contribution in [3.63, 3.8) is 0 Å². The molecule has 9 N–H and O–H groups in total. The molecular weight excluding hydrogens is 1170 g/mol. The lowest BCUT2D eigenvalue weighted by molar-refractivity contribution is -0.301. The largest absolute Gasteiger partial charge is 0.396 e. The molecule has 31 heteroatoms. The van der Waals surface area contributed by atoms with Gasteiger partial charge in [0, 0.05) is 31.8 Å². The number of unbranched alkanes of at least 4 members (excludes halogenated alkanes) is 8. The maximum atomic E-state index is 10.0. The van der Waals surface area contributed by atoms with Crippen LogP contribution in [0.3, 0.4) is 0 Å². The van der Waals surface area contributed by atoms with Crippen molar-refractivity contribution in [1.82, 2.24) is 30.0 Å². The fourth-order valence-electron chi connectivity index (χ4n) is 8.71. The van der Waals surface area contributed by atoms with Gasteiger partial charge in [-0.3, -0.25) is 0 Å². The summed E-state index contributed by atoms with van der Waals surface area (Å²) in [5, 5.41) is 105. The molecule has 2 aliphatic rings. The third-order valence-electron chi connectivity index (χ3n) is 14.0. The Morgan fingerprint density at radius 3 is 1.01 bits per heavy atom. The lowest BCUT2D eigenvalue weighted by atomic mass is 9.94. The van der Waals surface area contributed by atoms with Gasteiger partial charge in [0.2, 0.25) is 0 Å². The minimum absolute atomic E-state index is 0.0922. The van der Waals surface area contributed by atoms with E-state index in [1.165, 1.54) is 0 Å². The average Bonchev–Trinajstić information content (AvgIpc) is 3.02. The summed E-state index contributed by atoms with van der Waals surface area (Å²) in [5.74, 6) is 0. The quantitative estimate of drug-likeness (QED) is 0.0333. The Balaban J connectivity index is 0.796. The summed E-state index contributed by atoms with van der Waals surface area (Å²) < 4.78 is 92.9. The van der Waals surface area contributed by atoms with E-state index in [4.69, 9.17) is 75.8 Å². The summed E-state index contributed by atoms with van der Waals surface area (Å²) >= 11 is 0. The number of hydrogen-bond donors (Lipinski definition) is 9. The van der Waals surface area contributed by atoms with Gasteiger partial charge in [-0.1, -0.05) is 55.9 Å². The molecule has 11 atom stereocenters. The summed E-state index contributed by atoms with van der Waals surface area (Å²) in [4.78, 5) is 0. The van der Waals surface area contributed by atoms with E-state index in [0.29, 0.717) is 185 Å². The summed E-state index contributed by atoms with van der Waals surface area (Å²) in [5.41, 5.74) is 0.929. The van der Waals surface area contributed by atoms with E-state index < -0.39 is 80.0 Å². The van der Waals surface area contributed by atoms with E-state index in [9.17, 15) is 46.0 Å². The van der Waals surface area contributed by atoms with E-state index in [0.717, 1.165) is 75.6 Å². The SMILES string of the molecule is CC(CO)(COCCOCCOCCOCCOCCn1cc(COCCCCCCCO[C@@H]2OC(CO)[C@@H](O)C(O)C2O)nn1)COCCOCCOCCOCCOCCn1cc(COCCCCCCCO[C@H]2OC(CO)[C@@H](O)C(O)C2O)nn1. The van der Waals surface area contributed by atoms with Crippen LogP contribution in [-0.4, -0.2) is 316 Å². The average molecular weight is 1280 g/mol. The Morgan fingerprint density at radius 2 is 0.682 bits per heavy atom. The molecule has 0 bridgehead atoms. The maximum absolute atomic E-state index is 10.0. The van der Waals surface area contributed by atoms with Gasteiger partial charge in [-0.05, 0) is 25.7 Å². The highest BCUT2D eigenvalue weighted by Gasteiger charge is 2.45. The smallest absolute Gasteiger partial charge is 0.186 e. The molecule has 88 heavy (non-hydrogen) atoms. The zero-order chi connectivity index (χ0) is 63.1. The Hall–Kier alpha value is -2.72. The van der Waals surface area contributed by atoms with Crippen LogP contribution in [0.25, 0.3) is 0 Å². The predicted molar refractivity (Wildman–Crippen MR) is 308 cm³/mol. The first-order valence-electron chi connectivity index (χ1n) is 31.1. The number of aliphatic hydroxyl groups excluding tert-OH is 9. The summed E-state index contributed by atoms with van der Waals surface area (Å²) in [6.45, 7) is 12.8. The third-order valence-corrected chi connectivity index (χ3v) is 14.0. The molecule has 0 spiro atoms. The third kappa shape index (κ3) is 34.3. The Kier molecular flexibility index (Phi) is 44.0. The van der Waals surface area contributed by atoms with Crippen molar-refractivity contribution in [1.29, 1.82) is 0 Å². The molecule has 0 aliphatic carbocycles. The fraction of sp³-hybridized carbons (Fsp3) is 0.930. The molecule has 4 rings (SSSR count). The van der Waals surface area contributed by atoms with Gasteiger partial charge in [-0.25, -0.2) is 9.36 Å². The number of ether oxygens (including phenoxy) is 16. The van der Waals surface area contributed by atoms with Crippen LogP contribution in [0.2, 0.25) is 0 Å². The molecule has 2 aliphatic heterocycles. The standard InChI is InChI=1S/C57H106N6O25/c1-57(42-66,43-83-34-32-79-30-28-77-26-24-75-22-20-73-18-12-62-36-45(58-60-62)40-81-14-8-4-2-6-10-16-85-55-53(71)51(69)49(67)47(38-64)87-55)44-84-35-33-80-31-29-78-27-25-76-23-21-74-19-13-63-37-46(59-61-63)41-82-15-9-5-3-7-11-17-86-56-54(72)52(70)50(68)48(39-65)88-56/h36-37,47-56,64-72H,2-35,38-44H2,1H3/t47?,48?,49-,50-,51?,52?,53?,54?,55-,56+,57?/m1/s1. The van der Waals surface area contributed by atoms with E-state index in [1.807, 2.05) is 19.3 Å². The molecule has 514 valence electrons. The number of rotatable bonds is 59. The van der Waals surface area contributed by atoms with Gasteiger partial charge in [0.15, 0.2) is 12.6 Å². The van der Waals surface area contributed by atoms with Gasteiger partial charge in [0.25, 0.3) is 0 Å². The highest BCUT2D eigenvalue weighted by molar-refractivity contribution is 4.91. The lowest BCUT2D eigenvalue weighted by Crippen LogP contribution is -2.59. The molecule has 2 saturated heterocycles. The van der Waals surface area contributed by atoms with Crippen LogP contribution < -0.4 is 0 Å². The van der Waals surface area contributed by atoms with Crippen molar-refractivity contribution >= 4 is 0 Å². The zero-order valence-electron chi connectivity index (χ0n) is 51.7. The van der Waals surface area contributed by atoms with Crippen LogP contribution in [0.5, 0.6) is 0 Å². The van der Waals surface area contributed by atoms with Crippen LogP contribution in [0, 0.1) is 5.41 Å². The van der Waals surface area contributed by atoms with Gasteiger partial charge in [0.1, 0.15) is 60.2 Å². The van der Waals surface area contributed by atoms with Gasteiger partial charge in [0.05, 0.1) is 191 Å². The molecule has 0 radical (unpaired) electrons. The van der Waals surface area contributed by atoms with Crippen LogP contribution in [-0.2, 0) is 102 Å².